The summed E-state index contributed by atoms with van der Waals surface area (Å²) in [5.41, 5.74) is 1.72. The minimum absolute atomic E-state index is 0.0385. The molecule has 1 aliphatic heterocycles. The highest BCUT2D eigenvalue weighted by Crippen LogP contribution is 2.27. The van der Waals surface area contributed by atoms with Crippen molar-refractivity contribution >= 4 is 33.6 Å². The molecule has 2 unspecified atom stereocenters. The molecule has 2 rings (SSSR count). The van der Waals surface area contributed by atoms with Crippen LogP contribution in [0, 0.1) is 12.8 Å². The Balaban J connectivity index is 2.16. The number of amides is 2. The Morgan fingerprint density at radius 3 is 2.76 bits per heavy atom. The zero-order chi connectivity index (χ0) is 15.6. The summed E-state index contributed by atoms with van der Waals surface area (Å²) >= 11 is 3.41. The minimum atomic E-state index is -0.944. The number of rotatable bonds is 2. The van der Waals surface area contributed by atoms with Crippen molar-refractivity contribution in [2.45, 2.75) is 32.7 Å². The lowest BCUT2D eigenvalue weighted by atomic mass is 9.91. The van der Waals surface area contributed by atoms with Gasteiger partial charge in [-0.15, -0.1) is 0 Å². The average Bonchev–Trinajstić information content (AvgIpc) is 2.41. The smallest absolute Gasteiger partial charge is 0.326 e. The Bertz CT molecular complexity index is 562. The molecule has 0 aromatic heterocycles. The molecule has 1 heterocycles. The third kappa shape index (κ3) is 3.56. The molecule has 0 bridgehead atoms. The summed E-state index contributed by atoms with van der Waals surface area (Å²) in [6, 6.07) is 4.48. The largest absolute Gasteiger partial charge is 0.480 e. The van der Waals surface area contributed by atoms with Gasteiger partial charge >= 0.3 is 12.0 Å². The zero-order valence-corrected chi connectivity index (χ0v) is 13.7. The lowest BCUT2D eigenvalue weighted by Gasteiger charge is -2.37. The molecule has 0 spiro atoms. The van der Waals surface area contributed by atoms with Gasteiger partial charge in [-0.25, -0.2) is 9.59 Å². The number of halogens is 1. The first-order valence-electron chi connectivity index (χ1n) is 6.96. The van der Waals surface area contributed by atoms with E-state index >= 15 is 0 Å². The monoisotopic (exact) mass is 354 g/mol. The maximum atomic E-state index is 12.4. The fraction of sp³-hybridized carbons (Fsp3) is 0.467. The Morgan fingerprint density at radius 2 is 2.14 bits per heavy atom. The maximum absolute atomic E-state index is 12.4. The topological polar surface area (TPSA) is 69.6 Å². The lowest BCUT2D eigenvalue weighted by Crippen LogP contribution is -2.53. The quantitative estimate of drug-likeness (QED) is 0.853. The van der Waals surface area contributed by atoms with Crippen molar-refractivity contribution in [2.24, 2.45) is 5.92 Å². The second-order valence-corrected chi connectivity index (χ2v) is 6.36. The van der Waals surface area contributed by atoms with E-state index in [1.807, 2.05) is 26.0 Å². The first kappa shape index (κ1) is 15.8. The minimum Gasteiger partial charge on any atom is -0.480 e. The fourth-order valence-electron chi connectivity index (χ4n) is 2.70. The predicted octanol–water partition coefficient (Wildman–Crippen LogP) is 3.47. The van der Waals surface area contributed by atoms with E-state index in [1.165, 1.54) is 4.90 Å². The van der Waals surface area contributed by atoms with E-state index in [0.29, 0.717) is 12.2 Å². The molecule has 0 saturated carbocycles. The summed E-state index contributed by atoms with van der Waals surface area (Å²) in [6.07, 6.45) is 1.66. The van der Waals surface area contributed by atoms with Gasteiger partial charge in [-0.05, 0) is 59.3 Å². The van der Waals surface area contributed by atoms with E-state index in [9.17, 15) is 14.7 Å². The molecule has 1 aromatic carbocycles. The molecule has 114 valence electrons. The average molecular weight is 355 g/mol. The number of aryl methyl sites for hydroxylation is 1. The molecule has 2 amide bonds. The van der Waals surface area contributed by atoms with Gasteiger partial charge in [0, 0.05) is 11.0 Å². The van der Waals surface area contributed by atoms with Crippen molar-refractivity contribution < 1.29 is 14.7 Å². The van der Waals surface area contributed by atoms with Crippen LogP contribution in [0.1, 0.15) is 25.3 Å². The summed E-state index contributed by atoms with van der Waals surface area (Å²) in [7, 11) is 0. The van der Waals surface area contributed by atoms with Gasteiger partial charge in [-0.2, -0.15) is 0 Å². The van der Waals surface area contributed by atoms with Gasteiger partial charge in [-0.3, -0.25) is 0 Å². The summed E-state index contributed by atoms with van der Waals surface area (Å²) in [5, 5.41) is 12.1. The van der Waals surface area contributed by atoms with Crippen molar-refractivity contribution in [3.05, 3.63) is 28.2 Å². The van der Waals surface area contributed by atoms with Crippen LogP contribution in [0.5, 0.6) is 0 Å². The first-order chi connectivity index (χ1) is 9.90. The normalized spacial score (nSPS) is 22.0. The molecule has 21 heavy (non-hydrogen) atoms. The highest BCUT2D eigenvalue weighted by Gasteiger charge is 2.37. The van der Waals surface area contributed by atoms with Crippen LogP contribution < -0.4 is 5.32 Å². The maximum Gasteiger partial charge on any atom is 0.326 e. The number of likely N-dealkylation sites (tertiary alicyclic amines) is 1. The van der Waals surface area contributed by atoms with Crippen molar-refractivity contribution in [1.82, 2.24) is 4.90 Å². The number of carboxylic acids is 1. The van der Waals surface area contributed by atoms with Crippen LogP contribution in [-0.2, 0) is 4.79 Å². The number of carbonyl (C=O) groups is 2. The van der Waals surface area contributed by atoms with Gasteiger partial charge in [-0.1, -0.05) is 13.0 Å². The van der Waals surface area contributed by atoms with Crippen LogP contribution >= 0.6 is 15.9 Å². The summed E-state index contributed by atoms with van der Waals surface area (Å²) in [4.78, 5) is 25.2. The van der Waals surface area contributed by atoms with E-state index in [0.717, 1.165) is 22.9 Å². The molecule has 2 atom stereocenters. The number of benzene rings is 1. The second-order valence-electron chi connectivity index (χ2n) is 5.51. The highest BCUT2D eigenvalue weighted by molar-refractivity contribution is 9.10. The number of carboxylic acid groups (broad SMARTS) is 1. The standard InChI is InChI=1S/C15H19BrN2O3/c1-9-5-6-12(11(16)8-9)17-15(21)18-7-3-4-10(2)13(18)14(19)20/h5-6,8,10,13H,3-4,7H2,1-2H3,(H,17,21)(H,19,20). The molecule has 1 saturated heterocycles. The van der Waals surface area contributed by atoms with Crippen molar-refractivity contribution in [3.63, 3.8) is 0 Å². The van der Waals surface area contributed by atoms with Crippen molar-refractivity contribution in [1.29, 1.82) is 0 Å². The second kappa shape index (κ2) is 6.47. The zero-order valence-electron chi connectivity index (χ0n) is 12.1. The van der Waals surface area contributed by atoms with E-state index < -0.39 is 12.0 Å². The number of carbonyl (C=O) groups excluding carboxylic acids is 1. The van der Waals surface area contributed by atoms with Gasteiger partial charge in [0.15, 0.2) is 0 Å². The van der Waals surface area contributed by atoms with Gasteiger partial charge in [0.25, 0.3) is 0 Å². The van der Waals surface area contributed by atoms with Gasteiger partial charge < -0.3 is 15.3 Å². The molecular weight excluding hydrogens is 336 g/mol. The number of hydrogen-bond acceptors (Lipinski definition) is 2. The number of aliphatic carboxylic acids is 1. The third-order valence-corrected chi connectivity index (χ3v) is 4.47. The molecule has 0 radical (unpaired) electrons. The summed E-state index contributed by atoms with van der Waals surface area (Å²) in [6.45, 7) is 4.31. The first-order valence-corrected chi connectivity index (χ1v) is 7.76. The number of anilines is 1. The Kier molecular flexibility index (Phi) is 4.88. The van der Waals surface area contributed by atoms with Crippen LogP contribution in [0.15, 0.2) is 22.7 Å². The molecule has 0 aliphatic carbocycles. The molecule has 1 fully saturated rings. The predicted molar refractivity (Wildman–Crippen MR) is 84.4 cm³/mol. The van der Waals surface area contributed by atoms with Crippen LogP contribution in [0.25, 0.3) is 0 Å². The fourth-order valence-corrected chi connectivity index (χ4v) is 3.29. The number of urea groups is 1. The Hall–Kier alpha value is -1.56. The van der Waals surface area contributed by atoms with Crippen LogP contribution in [0.3, 0.4) is 0 Å². The highest BCUT2D eigenvalue weighted by atomic mass is 79.9. The lowest BCUT2D eigenvalue weighted by molar-refractivity contribution is -0.145. The van der Waals surface area contributed by atoms with Crippen LogP contribution in [-0.4, -0.2) is 34.6 Å². The number of piperidine rings is 1. The molecule has 6 heteroatoms. The summed E-state index contributed by atoms with van der Waals surface area (Å²) < 4.78 is 0.785. The number of hydrogen-bond donors (Lipinski definition) is 2. The van der Waals surface area contributed by atoms with E-state index in [2.05, 4.69) is 21.2 Å². The SMILES string of the molecule is Cc1ccc(NC(=O)N2CCCC(C)C2C(=O)O)c(Br)c1. The van der Waals surface area contributed by atoms with Gasteiger partial charge in [0.1, 0.15) is 6.04 Å². The van der Waals surface area contributed by atoms with Crippen molar-refractivity contribution in [3.8, 4) is 0 Å². The molecule has 5 nitrogen and oxygen atoms in total. The molecule has 2 N–H and O–H groups in total. The van der Waals surface area contributed by atoms with E-state index in [1.54, 1.807) is 6.07 Å². The van der Waals surface area contributed by atoms with Crippen LogP contribution in [0.2, 0.25) is 0 Å². The molecule has 1 aromatic rings. The van der Waals surface area contributed by atoms with Gasteiger partial charge in [0.2, 0.25) is 0 Å². The number of nitrogens with one attached hydrogen (secondary N) is 1. The van der Waals surface area contributed by atoms with Gasteiger partial charge in [0.05, 0.1) is 5.69 Å². The third-order valence-electron chi connectivity index (χ3n) is 3.81. The Morgan fingerprint density at radius 1 is 1.43 bits per heavy atom. The summed E-state index contributed by atoms with van der Waals surface area (Å²) in [5.74, 6) is -0.983. The molecule has 1 aliphatic rings. The Labute approximate surface area is 132 Å². The van der Waals surface area contributed by atoms with Crippen molar-refractivity contribution in [2.75, 3.05) is 11.9 Å². The molecular formula is C15H19BrN2O3. The number of nitrogens with zero attached hydrogens (tertiary/aromatic N) is 1. The van der Waals surface area contributed by atoms with Crippen LogP contribution in [0.4, 0.5) is 10.5 Å². The van der Waals surface area contributed by atoms with E-state index in [-0.39, 0.29) is 11.9 Å². The van der Waals surface area contributed by atoms with E-state index in [4.69, 9.17) is 0 Å².